The molecule has 0 aliphatic rings. The molecule has 3 aromatic rings. The van der Waals surface area contributed by atoms with E-state index in [-0.39, 0.29) is 0 Å². The van der Waals surface area contributed by atoms with Crippen LogP contribution in [0.1, 0.15) is 30.7 Å². The summed E-state index contributed by atoms with van der Waals surface area (Å²) in [5.41, 5.74) is 3.56. The van der Waals surface area contributed by atoms with Crippen LogP contribution in [0.4, 0.5) is 0 Å². The van der Waals surface area contributed by atoms with Crippen molar-refractivity contribution in [1.82, 2.24) is 9.97 Å². The zero-order valence-electron chi connectivity index (χ0n) is 11.6. The molecule has 1 N–H and O–H groups in total. The minimum Gasteiger partial charge on any atom is -0.341 e. The van der Waals surface area contributed by atoms with Crippen molar-refractivity contribution in [3.63, 3.8) is 0 Å². The van der Waals surface area contributed by atoms with Crippen molar-refractivity contribution in [2.75, 3.05) is 0 Å². The average Bonchev–Trinajstić information content (AvgIpc) is 3.00. The molecule has 2 heteroatoms. The fourth-order valence-electron chi connectivity index (χ4n) is 2.55. The number of nitrogens with one attached hydrogen (secondary N) is 1. The van der Waals surface area contributed by atoms with E-state index in [0.29, 0.717) is 5.92 Å². The summed E-state index contributed by atoms with van der Waals surface area (Å²) in [6.07, 6.45) is 2.96. The van der Waals surface area contributed by atoms with E-state index < -0.39 is 0 Å². The van der Waals surface area contributed by atoms with Gasteiger partial charge in [-0.05, 0) is 17.5 Å². The molecule has 3 rings (SSSR count). The Hall–Kier alpha value is -2.35. The lowest BCUT2D eigenvalue weighted by Crippen LogP contribution is -2.01. The maximum atomic E-state index is 4.58. The SMILES string of the molecule is CCC(c1ccccc1)c1ncc(-c2ccccc2)[nH]1. The molecule has 20 heavy (non-hydrogen) atoms. The molecule has 0 bridgehead atoms. The quantitative estimate of drug-likeness (QED) is 0.730. The second kappa shape index (κ2) is 5.74. The van der Waals surface area contributed by atoms with E-state index in [9.17, 15) is 0 Å². The monoisotopic (exact) mass is 262 g/mol. The Morgan fingerprint density at radius 1 is 0.950 bits per heavy atom. The van der Waals surface area contributed by atoms with Crippen molar-refractivity contribution in [2.45, 2.75) is 19.3 Å². The zero-order chi connectivity index (χ0) is 13.8. The second-order valence-corrected chi connectivity index (χ2v) is 4.92. The molecule has 1 unspecified atom stereocenters. The molecule has 2 aromatic carbocycles. The van der Waals surface area contributed by atoms with Crippen molar-refractivity contribution >= 4 is 0 Å². The highest BCUT2D eigenvalue weighted by Crippen LogP contribution is 2.27. The number of nitrogens with zero attached hydrogens (tertiary/aromatic N) is 1. The van der Waals surface area contributed by atoms with Crippen LogP contribution in [0.2, 0.25) is 0 Å². The molecule has 1 aromatic heterocycles. The van der Waals surface area contributed by atoms with E-state index in [1.807, 2.05) is 30.5 Å². The molecule has 0 aliphatic heterocycles. The first kappa shape index (κ1) is 12.7. The summed E-state index contributed by atoms with van der Waals surface area (Å²) in [7, 11) is 0. The summed E-state index contributed by atoms with van der Waals surface area (Å²) in [6, 6.07) is 20.9. The van der Waals surface area contributed by atoms with Crippen LogP contribution in [0.3, 0.4) is 0 Å². The van der Waals surface area contributed by atoms with Crippen molar-refractivity contribution in [1.29, 1.82) is 0 Å². The topological polar surface area (TPSA) is 28.7 Å². The molecule has 0 fully saturated rings. The van der Waals surface area contributed by atoms with Crippen LogP contribution in [0, 0.1) is 0 Å². The lowest BCUT2D eigenvalue weighted by molar-refractivity contribution is 0.729. The standard InChI is InChI=1S/C18H18N2/c1-2-16(14-9-5-3-6-10-14)18-19-13-17(20-18)15-11-7-4-8-12-15/h3-13,16H,2H2,1H3,(H,19,20). The van der Waals surface area contributed by atoms with Gasteiger partial charge in [-0.1, -0.05) is 67.6 Å². The average molecular weight is 262 g/mol. The predicted molar refractivity (Wildman–Crippen MR) is 82.6 cm³/mol. The fraction of sp³-hybridized carbons (Fsp3) is 0.167. The van der Waals surface area contributed by atoms with Gasteiger partial charge in [0.15, 0.2) is 0 Å². The van der Waals surface area contributed by atoms with Crippen LogP contribution >= 0.6 is 0 Å². The number of H-pyrrole nitrogens is 1. The van der Waals surface area contributed by atoms with Gasteiger partial charge in [0.25, 0.3) is 0 Å². The molecule has 0 radical (unpaired) electrons. The fourth-order valence-corrected chi connectivity index (χ4v) is 2.55. The van der Waals surface area contributed by atoms with Gasteiger partial charge in [-0.15, -0.1) is 0 Å². The Morgan fingerprint density at radius 2 is 1.60 bits per heavy atom. The first-order valence-corrected chi connectivity index (χ1v) is 7.03. The lowest BCUT2D eigenvalue weighted by Gasteiger charge is -2.12. The van der Waals surface area contributed by atoms with Gasteiger partial charge >= 0.3 is 0 Å². The molecule has 0 aliphatic carbocycles. The summed E-state index contributed by atoms with van der Waals surface area (Å²) in [5.74, 6) is 1.37. The van der Waals surface area contributed by atoms with E-state index >= 15 is 0 Å². The summed E-state index contributed by atoms with van der Waals surface area (Å²) in [6.45, 7) is 2.20. The highest BCUT2D eigenvalue weighted by molar-refractivity contribution is 5.58. The number of aromatic amines is 1. The largest absolute Gasteiger partial charge is 0.341 e. The van der Waals surface area contributed by atoms with Gasteiger partial charge in [0.05, 0.1) is 11.9 Å². The Morgan fingerprint density at radius 3 is 2.25 bits per heavy atom. The molecular weight excluding hydrogens is 244 g/mol. The van der Waals surface area contributed by atoms with E-state index in [1.54, 1.807) is 0 Å². The Labute approximate surface area is 119 Å². The first-order chi connectivity index (χ1) is 9.88. The van der Waals surface area contributed by atoms with Crippen molar-refractivity contribution in [3.8, 4) is 11.3 Å². The molecule has 100 valence electrons. The van der Waals surface area contributed by atoms with Crippen molar-refractivity contribution in [2.24, 2.45) is 0 Å². The highest BCUT2D eigenvalue weighted by atomic mass is 14.9. The number of hydrogen-bond acceptors (Lipinski definition) is 1. The van der Waals surface area contributed by atoms with Gasteiger partial charge in [0.2, 0.25) is 0 Å². The maximum Gasteiger partial charge on any atom is 0.114 e. The molecule has 0 spiro atoms. The number of rotatable bonds is 4. The second-order valence-electron chi connectivity index (χ2n) is 4.92. The maximum absolute atomic E-state index is 4.58. The van der Waals surface area contributed by atoms with Crippen molar-refractivity contribution < 1.29 is 0 Å². The van der Waals surface area contributed by atoms with Gasteiger partial charge < -0.3 is 4.98 Å². The third kappa shape index (κ3) is 2.50. The normalized spacial score (nSPS) is 12.2. The molecule has 0 saturated carbocycles. The molecule has 1 heterocycles. The molecule has 0 saturated heterocycles. The Bertz CT molecular complexity index is 656. The summed E-state index contributed by atoms with van der Waals surface area (Å²) >= 11 is 0. The third-order valence-electron chi connectivity index (χ3n) is 3.62. The van der Waals surface area contributed by atoms with Gasteiger partial charge in [0, 0.05) is 5.92 Å². The number of imidazole rings is 1. The van der Waals surface area contributed by atoms with Crippen LogP contribution in [0.15, 0.2) is 66.9 Å². The van der Waals surface area contributed by atoms with Crippen LogP contribution in [0.25, 0.3) is 11.3 Å². The summed E-state index contributed by atoms with van der Waals surface area (Å²) in [5, 5.41) is 0. The number of benzene rings is 2. The summed E-state index contributed by atoms with van der Waals surface area (Å²) < 4.78 is 0. The predicted octanol–water partition coefficient (Wildman–Crippen LogP) is 4.62. The zero-order valence-corrected chi connectivity index (χ0v) is 11.6. The molecule has 2 nitrogen and oxygen atoms in total. The molecule has 1 atom stereocenters. The van der Waals surface area contributed by atoms with Crippen LogP contribution in [-0.2, 0) is 0 Å². The van der Waals surface area contributed by atoms with E-state index in [0.717, 1.165) is 17.9 Å². The van der Waals surface area contributed by atoms with Crippen LogP contribution in [0.5, 0.6) is 0 Å². The first-order valence-electron chi connectivity index (χ1n) is 7.03. The molecular formula is C18H18N2. The smallest absolute Gasteiger partial charge is 0.114 e. The van der Waals surface area contributed by atoms with Gasteiger partial charge in [-0.2, -0.15) is 0 Å². The minimum atomic E-state index is 0.327. The Balaban J connectivity index is 1.93. The molecule has 0 amide bonds. The van der Waals surface area contributed by atoms with Crippen molar-refractivity contribution in [3.05, 3.63) is 78.2 Å². The summed E-state index contributed by atoms with van der Waals surface area (Å²) in [4.78, 5) is 8.05. The van der Waals surface area contributed by atoms with Crippen LogP contribution in [-0.4, -0.2) is 9.97 Å². The van der Waals surface area contributed by atoms with Crippen LogP contribution < -0.4 is 0 Å². The van der Waals surface area contributed by atoms with E-state index in [1.165, 1.54) is 11.1 Å². The number of hydrogen-bond donors (Lipinski definition) is 1. The van der Waals surface area contributed by atoms with Gasteiger partial charge in [-0.25, -0.2) is 4.98 Å². The lowest BCUT2D eigenvalue weighted by atomic mass is 9.96. The number of aromatic nitrogens is 2. The van der Waals surface area contributed by atoms with E-state index in [2.05, 4.69) is 53.3 Å². The van der Waals surface area contributed by atoms with Gasteiger partial charge in [0.1, 0.15) is 5.82 Å². The van der Waals surface area contributed by atoms with Gasteiger partial charge in [-0.3, -0.25) is 0 Å². The highest BCUT2D eigenvalue weighted by Gasteiger charge is 2.15. The Kier molecular flexibility index (Phi) is 3.64. The third-order valence-corrected chi connectivity index (χ3v) is 3.62. The minimum absolute atomic E-state index is 0.327. The van der Waals surface area contributed by atoms with E-state index in [4.69, 9.17) is 0 Å².